The summed E-state index contributed by atoms with van der Waals surface area (Å²) in [5.74, 6) is 2.09. The van der Waals surface area contributed by atoms with E-state index >= 15 is 0 Å². The quantitative estimate of drug-likeness (QED) is 0.397. The Balaban J connectivity index is 1.17. The lowest BCUT2D eigenvalue weighted by Crippen LogP contribution is -2.00. The Morgan fingerprint density at radius 1 is 1.04 bits per heavy atom. The molecule has 1 aliphatic rings. The van der Waals surface area contributed by atoms with E-state index in [0.29, 0.717) is 0 Å². The zero-order valence-corrected chi connectivity index (χ0v) is 17.1. The molecule has 0 fully saturated rings. The summed E-state index contributed by atoms with van der Waals surface area (Å²) in [6, 6.07) is 8.15. The van der Waals surface area contributed by atoms with E-state index in [4.69, 9.17) is 0 Å². The number of nitrogens with zero attached hydrogens (tertiary/aromatic N) is 5. The number of thioether (sulfide) groups is 2. The molecule has 144 valence electrons. The largest absolute Gasteiger partial charge is 0.333 e. The highest BCUT2D eigenvalue weighted by molar-refractivity contribution is 7.99. The number of para-hydroxylation sites is 2. The smallest absolute Gasteiger partial charge is 0.214 e. The highest BCUT2D eigenvalue weighted by Crippen LogP contribution is 2.23. The lowest BCUT2D eigenvalue weighted by atomic mass is 10.3. The molecular weight excluding hydrogens is 388 g/mol. The van der Waals surface area contributed by atoms with Crippen molar-refractivity contribution in [2.45, 2.75) is 36.0 Å². The maximum atomic E-state index is 4.60. The molecule has 1 aliphatic carbocycles. The molecule has 0 atom stereocenters. The van der Waals surface area contributed by atoms with Crippen LogP contribution < -0.4 is 0 Å². The van der Waals surface area contributed by atoms with Crippen LogP contribution in [0.4, 0.5) is 0 Å². The number of hydrogen-bond acceptors (Lipinski definition) is 6. The van der Waals surface area contributed by atoms with Gasteiger partial charge in [0.15, 0.2) is 5.16 Å². The average molecular weight is 411 g/mol. The number of hydrogen-bond donors (Lipinski definition) is 1. The Hall–Kier alpha value is -2.32. The van der Waals surface area contributed by atoms with Crippen LogP contribution in [-0.4, -0.2) is 41.7 Å². The monoisotopic (exact) mass is 410 g/mol. The van der Waals surface area contributed by atoms with Crippen LogP contribution in [0.5, 0.6) is 0 Å². The summed E-state index contributed by atoms with van der Waals surface area (Å²) in [5.41, 5.74) is 3.14. The maximum absolute atomic E-state index is 4.60. The van der Waals surface area contributed by atoms with Gasteiger partial charge in [-0.1, -0.05) is 60.3 Å². The van der Waals surface area contributed by atoms with E-state index in [-0.39, 0.29) is 0 Å². The fraction of sp³-hybridized carbons (Fsp3) is 0.300. The summed E-state index contributed by atoms with van der Waals surface area (Å²) in [4.78, 5) is 7.97. The molecule has 0 amide bonds. The molecule has 0 saturated heterocycles. The van der Waals surface area contributed by atoms with Gasteiger partial charge in [0.2, 0.25) is 5.16 Å². The summed E-state index contributed by atoms with van der Waals surface area (Å²) in [6.07, 6.45) is 14.8. The van der Waals surface area contributed by atoms with E-state index in [2.05, 4.69) is 49.8 Å². The number of fused-ring (bicyclic) bond motifs is 1. The van der Waals surface area contributed by atoms with Crippen molar-refractivity contribution in [2.24, 2.45) is 0 Å². The summed E-state index contributed by atoms with van der Waals surface area (Å²) in [5, 5.41) is 14.0. The molecule has 4 rings (SSSR count). The number of aromatic nitrogens is 6. The molecule has 0 unspecified atom stereocenters. The molecule has 0 aliphatic heterocycles. The van der Waals surface area contributed by atoms with Gasteiger partial charge in [-0.3, -0.25) is 0 Å². The van der Waals surface area contributed by atoms with Gasteiger partial charge in [-0.2, -0.15) is 4.68 Å². The van der Waals surface area contributed by atoms with E-state index < -0.39 is 0 Å². The van der Waals surface area contributed by atoms with Gasteiger partial charge in [0.1, 0.15) is 0 Å². The van der Waals surface area contributed by atoms with Crippen LogP contribution in [0.25, 0.3) is 16.7 Å². The molecule has 3 aromatic rings. The van der Waals surface area contributed by atoms with Crippen LogP contribution in [0.15, 0.2) is 65.0 Å². The first-order chi connectivity index (χ1) is 13.9. The van der Waals surface area contributed by atoms with E-state index in [1.165, 1.54) is 12.8 Å². The third kappa shape index (κ3) is 4.94. The van der Waals surface area contributed by atoms with Gasteiger partial charge in [0.05, 0.1) is 16.7 Å². The number of H-pyrrole nitrogens is 1. The molecule has 28 heavy (non-hydrogen) atoms. The number of benzene rings is 1. The number of tetrazole rings is 1. The molecule has 2 heterocycles. The van der Waals surface area contributed by atoms with Gasteiger partial charge in [0, 0.05) is 11.5 Å². The first-order valence-corrected chi connectivity index (χ1v) is 11.4. The minimum Gasteiger partial charge on any atom is -0.333 e. The Bertz CT molecular complexity index is 968. The molecule has 0 bridgehead atoms. The van der Waals surface area contributed by atoms with Gasteiger partial charge in [-0.05, 0) is 54.0 Å². The van der Waals surface area contributed by atoms with Crippen molar-refractivity contribution < 1.29 is 0 Å². The predicted octanol–water partition coefficient (Wildman–Crippen LogP) is 4.96. The second-order valence-electron chi connectivity index (χ2n) is 6.35. The summed E-state index contributed by atoms with van der Waals surface area (Å²) in [6.45, 7) is 0. The van der Waals surface area contributed by atoms with Gasteiger partial charge in [0.25, 0.3) is 0 Å². The highest BCUT2D eigenvalue weighted by atomic mass is 32.2. The fourth-order valence-electron chi connectivity index (χ4n) is 2.85. The minimum absolute atomic E-state index is 0.850. The first-order valence-electron chi connectivity index (χ1n) is 9.42. The van der Waals surface area contributed by atoms with Gasteiger partial charge in [-0.25, -0.2) is 4.98 Å². The molecule has 2 aromatic heterocycles. The van der Waals surface area contributed by atoms with E-state index in [0.717, 1.165) is 51.4 Å². The van der Waals surface area contributed by atoms with Crippen molar-refractivity contribution in [3.05, 3.63) is 54.6 Å². The normalized spacial score (nSPS) is 13.8. The van der Waals surface area contributed by atoms with Crippen LogP contribution in [0.3, 0.4) is 0 Å². The number of nitrogens with one attached hydrogen (secondary N) is 1. The molecular formula is C20H22N6S2. The zero-order chi connectivity index (χ0) is 19.0. The third-order valence-corrected chi connectivity index (χ3v) is 6.24. The second-order valence-corrected chi connectivity index (χ2v) is 8.49. The Morgan fingerprint density at radius 3 is 2.86 bits per heavy atom. The van der Waals surface area contributed by atoms with Crippen LogP contribution in [0.2, 0.25) is 0 Å². The SMILES string of the molecule is C1=CCC=CC(n2nnnc2SCCCCCSc2nc3ccccc3[nH]2)=C1. The van der Waals surface area contributed by atoms with Gasteiger partial charge < -0.3 is 4.98 Å². The standard InChI is InChI=1S/C20H22N6S2/c1-2-5-11-16(10-4-1)26-20(23-24-25-26)28-15-9-3-8-14-27-19-21-17-12-6-7-13-18(17)22-19/h1,4-7,10-13H,2-3,8-9,14-15H2,(H,21,22). The predicted molar refractivity (Wildman–Crippen MR) is 116 cm³/mol. The maximum Gasteiger partial charge on any atom is 0.214 e. The topological polar surface area (TPSA) is 72.3 Å². The van der Waals surface area contributed by atoms with Crippen LogP contribution >= 0.6 is 23.5 Å². The summed E-state index contributed by atoms with van der Waals surface area (Å²) >= 11 is 3.51. The van der Waals surface area contributed by atoms with Crippen LogP contribution in [0, 0.1) is 0 Å². The van der Waals surface area contributed by atoms with Crippen molar-refractivity contribution in [2.75, 3.05) is 11.5 Å². The minimum atomic E-state index is 0.850. The number of rotatable bonds is 9. The number of imidazole rings is 1. The van der Waals surface area contributed by atoms with Gasteiger partial charge in [-0.15, -0.1) is 5.10 Å². The van der Waals surface area contributed by atoms with Crippen LogP contribution in [0.1, 0.15) is 25.7 Å². The Morgan fingerprint density at radius 2 is 1.93 bits per heavy atom. The molecule has 1 N–H and O–H groups in total. The highest BCUT2D eigenvalue weighted by Gasteiger charge is 2.09. The molecule has 0 spiro atoms. The van der Waals surface area contributed by atoms with E-state index in [1.54, 1.807) is 23.5 Å². The van der Waals surface area contributed by atoms with Crippen molar-refractivity contribution >= 4 is 40.3 Å². The molecule has 0 saturated carbocycles. The van der Waals surface area contributed by atoms with Gasteiger partial charge >= 0.3 is 0 Å². The first kappa shape index (κ1) is 19.0. The molecule has 0 radical (unpaired) electrons. The summed E-state index contributed by atoms with van der Waals surface area (Å²) < 4.78 is 1.81. The number of aromatic amines is 1. The molecule has 8 heteroatoms. The van der Waals surface area contributed by atoms with Crippen molar-refractivity contribution in [1.29, 1.82) is 0 Å². The third-order valence-electron chi connectivity index (χ3n) is 4.28. The van der Waals surface area contributed by atoms with E-state index in [1.807, 2.05) is 35.0 Å². The van der Waals surface area contributed by atoms with Crippen molar-refractivity contribution in [3.8, 4) is 0 Å². The van der Waals surface area contributed by atoms with Crippen molar-refractivity contribution in [3.63, 3.8) is 0 Å². The number of allylic oxidation sites excluding steroid dienone is 6. The van der Waals surface area contributed by atoms with Crippen LogP contribution in [-0.2, 0) is 0 Å². The number of unbranched alkanes of at least 4 members (excludes halogenated alkanes) is 2. The molecule has 1 aromatic carbocycles. The zero-order valence-electron chi connectivity index (χ0n) is 15.5. The molecule has 6 nitrogen and oxygen atoms in total. The van der Waals surface area contributed by atoms with E-state index in [9.17, 15) is 0 Å². The Labute approximate surface area is 172 Å². The second kappa shape index (κ2) is 9.75. The summed E-state index contributed by atoms with van der Waals surface area (Å²) in [7, 11) is 0. The lowest BCUT2D eigenvalue weighted by molar-refractivity contribution is 0.769. The fourth-order valence-corrected chi connectivity index (χ4v) is 4.63. The lowest BCUT2D eigenvalue weighted by Gasteiger charge is -2.04. The Kier molecular flexibility index (Phi) is 6.62. The average Bonchev–Trinajstić information content (AvgIpc) is 3.26. The van der Waals surface area contributed by atoms with Crippen molar-refractivity contribution in [1.82, 2.24) is 30.2 Å².